The minimum atomic E-state index is -4.36. The highest BCUT2D eigenvalue weighted by Gasteiger charge is 2.27. The van der Waals surface area contributed by atoms with Crippen molar-refractivity contribution in [2.45, 2.75) is 180 Å². The van der Waals surface area contributed by atoms with Crippen molar-refractivity contribution in [3.8, 4) is 0 Å². The van der Waals surface area contributed by atoms with Gasteiger partial charge in [-0.05, 0) is 70.6 Å². The summed E-state index contributed by atoms with van der Waals surface area (Å²) in [5, 5.41) is 13.7. The number of phosphoric acid groups is 1. The number of amides is 1. The Morgan fingerprint density at radius 2 is 1.04 bits per heavy atom. The zero-order chi connectivity index (χ0) is 41.4. The second-order valence-corrected chi connectivity index (χ2v) is 17.5. The summed E-state index contributed by atoms with van der Waals surface area (Å²) in [6.07, 6.45) is 51.3. The molecule has 0 aromatic heterocycles. The fourth-order valence-corrected chi connectivity index (χ4v) is 6.55. The molecule has 0 aromatic rings. The highest BCUT2D eigenvalue weighted by Crippen LogP contribution is 2.43. The van der Waals surface area contributed by atoms with Crippen LogP contribution in [0.1, 0.15) is 168 Å². The van der Waals surface area contributed by atoms with Crippen molar-refractivity contribution in [1.29, 1.82) is 0 Å². The maximum atomic E-state index is 12.8. The highest BCUT2D eigenvalue weighted by atomic mass is 31.2. The van der Waals surface area contributed by atoms with Gasteiger partial charge in [0.2, 0.25) is 5.91 Å². The first-order valence-corrected chi connectivity index (χ1v) is 23.8. The van der Waals surface area contributed by atoms with E-state index in [9.17, 15) is 19.4 Å². The number of carbonyl (C=O) groups excluding carboxylic acids is 1. The maximum Gasteiger partial charge on any atom is 0.472 e. The molecule has 1 unspecified atom stereocenters. The number of quaternary nitrogens is 1. The third-order valence-corrected chi connectivity index (χ3v) is 10.4. The van der Waals surface area contributed by atoms with Gasteiger partial charge in [-0.25, -0.2) is 4.57 Å². The molecular weight excluding hydrogens is 719 g/mol. The molecule has 3 N–H and O–H groups in total. The summed E-state index contributed by atoms with van der Waals surface area (Å²) in [6.45, 7) is 4.71. The van der Waals surface area contributed by atoms with Crippen LogP contribution in [0.5, 0.6) is 0 Å². The Labute approximate surface area is 344 Å². The Bertz CT molecular complexity index is 1140. The molecule has 0 bridgehead atoms. The molecule has 1 amide bonds. The van der Waals surface area contributed by atoms with Crippen LogP contribution in [-0.2, 0) is 18.4 Å². The number of aliphatic hydroxyl groups excluding tert-OH is 1. The molecule has 3 atom stereocenters. The Balaban J connectivity index is 4.56. The SMILES string of the molecule is CCCCCCCCC/C=C/C/C=C/C/C=C/C/C=C/CCCC(=O)N[C@@H](COP(=O)(O)OCC[N+](C)(C)C)[C@H](O)/C=C/CC/C=C/CCCCCCCCC. The number of allylic oxidation sites excluding steroid dienone is 11. The van der Waals surface area contributed by atoms with Crippen molar-refractivity contribution in [3.63, 3.8) is 0 Å². The summed E-state index contributed by atoms with van der Waals surface area (Å²) >= 11 is 0. The summed E-state index contributed by atoms with van der Waals surface area (Å²) < 4.78 is 23.5. The summed E-state index contributed by atoms with van der Waals surface area (Å²) in [6, 6.07) is -0.894. The van der Waals surface area contributed by atoms with Crippen LogP contribution >= 0.6 is 7.82 Å². The number of carbonyl (C=O) groups is 1. The third-order valence-electron chi connectivity index (χ3n) is 9.40. The number of nitrogens with zero attached hydrogens (tertiary/aromatic N) is 1. The van der Waals surface area contributed by atoms with E-state index >= 15 is 0 Å². The first-order valence-electron chi connectivity index (χ1n) is 22.3. The van der Waals surface area contributed by atoms with Crippen LogP contribution < -0.4 is 5.32 Å². The summed E-state index contributed by atoms with van der Waals surface area (Å²) in [5.74, 6) is -0.245. The normalized spacial score (nSPS) is 15.1. The minimum absolute atomic E-state index is 0.0425. The molecule has 0 aliphatic heterocycles. The van der Waals surface area contributed by atoms with Gasteiger partial charge in [-0.1, -0.05) is 164 Å². The van der Waals surface area contributed by atoms with E-state index in [1.165, 1.54) is 96.3 Å². The monoisotopic (exact) mass is 806 g/mol. The second kappa shape index (κ2) is 38.5. The van der Waals surface area contributed by atoms with Crippen LogP contribution in [0.2, 0.25) is 0 Å². The van der Waals surface area contributed by atoms with E-state index in [1.807, 2.05) is 27.2 Å². The van der Waals surface area contributed by atoms with Gasteiger partial charge in [0, 0.05) is 6.42 Å². The van der Waals surface area contributed by atoms with E-state index in [0.717, 1.165) is 44.9 Å². The average molecular weight is 806 g/mol. The Morgan fingerprint density at radius 3 is 1.55 bits per heavy atom. The van der Waals surface area contributed by atoms with Crippen LogP contribution in [-0.4, -0.2) is 73.4 Å². The van der Waals surface area contributed by atoms with Crippen molar-refractivity contribution < 1.29 is 32.9 Å². The number of likely N-dealkylation sites (N-methyl/N-ethyl adjacent to an activating group) is 1. The molecule has 0 heterocycles. The third kappa shape index (κ3) is 40.1. The summed E-state index contributed by atoms with van der Waals surface area (Å²) in [7, 11) is 1.51. The average Bonchev–Trinajstić information content (AvgIpc) is 3.15. The molecule has 0 saturated carbocycles. The van der Waals surface area contributed by atoms with Crippen molar-refractivity contribution in [3.05, 3.63) is 72.9 Å². The lowest BCUT2D eigenvalue weighted by Gasteiger charge is -2.25. The van der Waals surface area contributed by atoms with E-state index in [0.29, 0.717) is 17.4 Å². The molecule has 56 heavy (non-hydrogen) atoms. The lowest BCUT2D eigenvalue weighted by atomic mass is 10.1. The maximum absolute atomic E-state index is 12.8. The van der Waals surface area contributed by atoms with Gasteiger partial charge < -0.3 is 19.8 Å². The lowest BCUT2D eigenvalue weighted by molar-refractivity contribution is -0.870. The summed E-state index contributed by atoms with van der Waals surface area (Å²) in [5.41, 5.74) is 0. The molecule has 0 aliphatic carbocycles. The fraction of sp³-hybridized carbons (Fsp3) is 0.723. The van der Waals surface area contributed by atoms with E-state index in [2.05, 4.69) is 79.9 Å². The van der Waals surface area contributed by atoms with Gasteiger partial charge in [0.1, 0.15) is 13.2 Å². The number of rotatable bonds is 39. The van der Waals surface area contributed by atoms with E-state index in [4.69, 9.17) is 9.05 Å². The number of nitrogens with one attached hydrogen (secondary N) is 1. The number of hydrogen-bond acceptors (Lipinski definition) is 5. The molecule has 0 rings (SSSR count). The molecule has 0 fully saturated rings. The van der Waals surface area contributed by atoms with Gasteiger partial charge >= 0.3 is 7.82 Å². The molecule has 324 valence electrons. The van der Waals surface area contributed by atoms with Crippen molar-refractivity contribution in [2.24, 2.45) is 0 Å². The molecular formula is C47H86N2O6P+. The molecule has 0 radical (unpaired) electrons. The Morgan fingerprint density at radius 1 is 0.607 bits per heavy atom. The predicted molar refractivity (Wildman–Crippen MR) is 240 cm³/mol. The van der Waals surface area contributed by atoms with Gasteiger partial charge in [0.05, 0.1) is 39.9 Å². The molecule has 0 aromatic carbocycles. The highest BCUT2D eigenvalue weighted by molar-refractivity contribution is 7.47. The number of hydrogen-bond donors (Lipinski definition) is 3. The molecule has 0 aliphatic rings. The topological polar surface area (TPSA) is 105 Å². The van der Waals surface area contributed by atoms with Crippen molar-refractivity contribution in [1.82, 2.24) is 5.32 Å². The Kier molecular flexibility index (Phi) is 37.0. The van der Waals surface area contributed by atoms with Crippen LogP contribution in [0.3, 0.4) is 0 Å². The lowest BCUT2D eigenvalue weighted by Crippen LogP contribution is -2.45. The molecule has 8 nitrogen and oxygen atoms in total. The van der Waals surface area contributed by atoms with Gasteiger partial charge in [0.25, 0.3) is 0 Å². The number of unbranched alkanes of at least 4 members (excludes halogenated alkanes) is 16. The van der Waals surface area contributed by atoms with Gasteiger partial charge in [-0.2, -0.15) is 0 Å². The zero-order valence-corrected chi connectivity index (χ0v) is 37.5. The summed E-state index contributed by atoms with van der Waals surface area (Å²) in [4.78, 5) is 23.1. The van der Waals surface area contributed by atoms with Crippen LogP contribution in [0.25, 0.3) is 0 Å². The number of phosphoric ester groups is 1. The molecule has 9 heteroatoms. The first-order chi connectivity index (χ1) is 27.0. The zero-order valence-electron chi connectivity index (χ0n) is 36.6. The predicted octanol–water partition coefficient (Wildman–Crippen LogP) is 12.4. The van der Waals surface area contributed by atoms with Gasteiger partial charge in [-0.3, -0.25) is 13.8 Å². The second-order valence-electron chi connectivity index (χ2n) is 16.1. The van der Waals surface area contributed by atoms with Gasteiger partial charge in [0.15, 0.2) is 0 Å². The number of aliphatic hydroxyl groups is 1. The van der Waals surface area contributed by atoms with Gasteiger partial charge in [-0.15, -0.1) is 0 Å². The van der Waals surface area contributed by atoms with Crippen LogP contribution in [0.15, 0.2) is 72.9 Å². The minimum Gasteiger partial charge on any atom is -0.387 e. The largest absolute Gasteiger partial charge is 0.472 e. The van der Waals surface area contributed by atoms with Crippen LogP contribution in [0, 0.1) is 0 Å². The Hall–Kier alpha value is -2.06. The van der Waals surface area contributed by atoms with Crippen molar-refractivity contribution >= 4 is 13.7 Å². The van der Waals surface area contributed by atoms with E-state index in [-0.39, 0.29) is 25.5 Å². The van der Waals surface area contributed by atoms with E-state index < -0.39 is 20.0 Å². The first kappa shape index (κ1) is 53.9. The van der Waals surface area contributed by atoms with E-state index in [1.54, 1.807) is 6.08 Å². The fourth-order valence-electron chi connectivity index (χ4n) is 5.81. The van der Waals surface area contributed by atoms with Crippen molar-refractivity contribution in [2.75, 3.05) is 40.9 Å². The molecule has 0 spiro atoms. The smallest absolute Gasteiger partial charge is 0.387 e. The quantitative estimate of drug-likeness (QED) is 0.0247. The molecule has 0 saturated heterocycles. The standard InChI is InChI=1S/C47H85N2O6P/c1-6-8-10-12-14-16-18-20-21-22-23-24-25-26-27-29-31-33-35-37-39-41-47(51)48-45(44-55-56(52,53)54-43-42-49(3,4)5)46(50)40-38-36-34-32-30-28-19-17-15-13-11-9-7-2/h21-22,24-25,27,29-30,32-33,35,38,40,45-46,50H,6-20,23,26,28,31,34,36-37,39,41-44H2,1-5H3,(H-,48,51,52,53)/p+1/b22-21+,25-24+,29-27+,32-30+,35-33+,40-38+/t45-,46+/m0/s1. The van der Waals surface area contributed by atoms with Crippen LogP contribution in [0.4, 0.5) is 0 Å².